The summed E-state index contributed by atoms with van der Waals surface area (Å²) in [6.07, 6.45) is 8.19. The average molecular weight is 440 g/mol. The Bertz CT molecular complexity index is 913. The van der Waals surface area contributed by atoms with Gasteiger partial charge in [0.2, 0.25) is 0 Å². The van der Waals surface area contributed by atoms with E-state index in [2.05, 4.69) is 39.6 Å². The lowest BCUT2D eigenvalue weighted by molar-refractivity contribution is 0.0919. The van der Waals surface area contributed by atoms with Crippen molar-refractivity contribution < 1.29 is 4.79 Å². The average Bonchev–Trinajstić information content (AvgIpc) is 3.46. The van der Waals surface area contributed by atoms with Gasteiger partial charge in [-0.25, -0.2) is 9.78 Å². The maximum atomic E-state index is 13.3. The van der Waals surface area contributed by atoms with Gasteiger partial charge < -0.3 is 9.80 Å². The Morgan fingerprint density at radius 1 is 1.16 bits per heavy atom. The predicted octanol–water partition coefficient (Wildman–Crippen LogP) is 4.23. The van der Waals surface area contributed by atoms with Crippen LogP contribution >= 0.6 is 11.3 Å². The highest BCUT2D eigenvalue weighted by atomic mass is 32.1. The minimum Gasteiger partial charge on any atom is -0.325 e. The number of carbonyl (C=O) groups is 1. The van der Waals surface area contributed by atoms with Crippen LogP contribution in [0, 0.1) is 0 Å². The number of nitrogens with zero attached hydrogens (tertiary/aromatic N) is 5. The highest BCUT2D eigenvalue weighted by molar-refractivity contribution is 7.11. The van der Waals surface area contributed by atoms with E-state index in [-0.39, 0.29) is 11.4 Å². The van der Waals surface area contributed by atoms with Crippen molar-refractivity contribution in [3.05, 3.63) is 45.7 Å². The molecule has 2 fully saturated rings. The minimum atomic E-state index is -0.00194. The monoisotopic (exact) mass is 439 g/mol. The van der Waals surface area contributed by atoms with E-state index in [1.807, 2.05) is 29.8 Å². The second-order valence-electron chi connectivity index (χ2n) is 9.73. The van der Waals surface area contributed by atoms with E-state index >= 15 is 0 Å². The molecule has 0 aromatic carbocycles. The third-order valence-corrected chi connectivity index (χ3v) is 8.47. The summed E-state index contributed by atoms with van der Waals surface area (Å²) < 4.78 is 0. The van der Waals surface area contributed by atoms with Gasteiger partial charge in [0.25, 0.3) is 0 Å². The zero-order chi connectivity index (χ0) is 21.4. The minimum absolute atomic E-state index is 0.00194. The Morgan fingerprint density at radius 3 is 2.61 bits per heavy atom. The highest BCUT2D eigenvalue weighted by Gasteiger charge is 2.46. The summed E-state index contributed by atoms with van der Waals surface area (Å²) in [5, 5.41) is 1.22. The number of piperidine rings is 1. The van der Waals surface area contributed by atoms with E-state index in [0.717, 1.165) is 71.5 Å². The Balaban J connectivity index is 1.38. The number of rotatable bonds is 3. The van der Waals surface area contributed by atoms with Gasteiger partial charge in [0, 0.05) is 54.8 Å². The van der Waals surface area contributed by atoms with Crippen molar-refractivity contribution in [3.8, 4) is 0 Å². The van der Waals surface area contributed by atoms with Gasteiger partial charge in [0.05, 0.1) is 17.2 Å². The summed E-state index contributed by atoms with van der Waals surface area (Å²) in [6.45, 7) is 10.8. The quantitative estimate of drug-likeness (QED) is 0.718. The molecular weight excluding hydrogens is 406 g/mol. The number of hydrogen-bond acceptors (Lipinski definition) is 5. The van der Waals surface area contributed by atoms with Gasteiger partial charge in [-0.2, -0.15) is 0 Å². The summed E-state index contributed by atoms with van der Waals surface area (Å²) in [5.41, 5.74) is 2.56. The van der Waals surface area contributed by atoms with Crippen LogP contribution in [-0.4, -0.2) is 63.4 Å². The number of urea groups is 1. The van der Waals surface area contributed by atoms with Crippen molar-refractivity contribution in [1.29, 1.82) is 0 Å². The Morgan fingerprint density at radius 2 is 1.94 bits per heavy atom. The summed E-state index contributed by atoms with van der Waals surface area (Å²) in [5.74, 6) is 0.432. The lowest BCUT2D eigenvalue weighted by atomic mass is 9.73. The van der Waals surface area contributed by atoms with E-state index in [9.17, 15) is 4.79 Å². The number of fused-ring (bicyclic) bond motifs is 2. The van der Waals surface area contributed by atoms with E-state index in [1.54, 1.807) is 0 Å². The fourth-order valence-electron chi connectivity index (χ4n) is 5.34. The molecule has 0 bridgehead atoms. The molecule has 5 rings (SSSR count). The Hall–Kier alpha value is -1.99. The van der Waals surface area contributed by atoms with Crippen molar-refractivity contribution in [2.24, 2.45) is 0 Å². The van der Waals surface area contributed by atoms with Crippen LogP contribution in [0.4, 0.5) is 4.79 Å². The molecule has 0 N–H and O–H groups in total. The van der Waals surface area contributed by atoms with Gasteiger partial charge >= 0.3 is 6.03 Å². The molecule has 0 atom stereocenters. The van der Waals surface area contributed by atoms with E-state index in [1.165, 1.54) is 21.1 Å². The SMILES string of the molecule is CC(C)c1nc2c(s1)CN(C(=O)N1CCCC1)CC21CCN(Cc2cccnc2)CC1. The summed E-state index contributed by atoms with van der Waals surface area (Å²) in [6, 6.07) is 4.40. The molecule has 2 aromatic heterocycles. The number of amides is 2. The van der Waals surface area contributed by atoms with Crippen LogP contribution in [-0.2, 0) is 18.5 Å². The van der Waals surface area contributed by atoms with Crippen LogP contribution < -0.4 is 0 Å². The normalized spacial score (nSPS) is 21.1. The van der Waals surface area contributed by atoms with Crippen LogP contribution in [0.25, 0.3) is 0 Å². The number of aromatic nitrogens is 2. The molecule has 2 aromatic rings. The summed E-state index contributed by atoms with van der Waals surface area (Å²) in [7, 11) is 0. The number of thiazole rings is 1. The standard InChI is InChI=1S/C24H33N5OS/c1-18(2)22-26-21-20(31-22)16-29(23(30)28-10-3-4-11-28)17-24(21)7-12-27(13-8-24)15-19-6-5-9-25-14-19/h5-6,9,14,18H,3-4,7-8,10-13,15-17H2,1-2H3. The van der Waals surface area contributed by atoms with Gasteiger partial charge in [-0.15, -0.1) is 11.3 Å². The molecule has 2 amide bonds. The van der Waals surface area contributed by atoms with Crippen LogP contribution in [0.2, 0.25) is 0 Å². The maximum Gasteiger partial charge on any atom is 0.320 e. The summed E-state index contributed by atoms with van der Waals surface area (Å²) in [4.78, 5) is 30.8. The molecule has 2 saturated heterocycles. The number of likely N-dealkylation sites (tertiary alicyclic amines) is 2. The van der Waals surface area contributed by atoms with E-state index in [0.29, 0.717) is 5.92 Å². The Kier molecular flexibility index (Phi) is 5.73. The highest BCUT2D eigenvalue weighted by Crippen LogP contribution is 2.44. The van der Waals surface area contributed by atoms with Crippen LogP contribution in [0.15, 0.2) is 24.5 Å². The van der Waals surface area contributed by atoms with Gasteiger partial charge in [-0.05, 0) is 50.4 Å². The molecule has 1 spiro atoms. The molecule has 31 heavy (non-hydrogen) atoms. The van der Waals surface area contributed by atoms with Gasteiger partial charge in [0.15, 0.2) is 0 Å². The zero-order valence-corrected chi connectivity index (χ0v) is 19.5. The smallest absolute Gasteiger partial charge is 0.320 e. The number of carbonyl (C=O) groups excluding carboxylic acids is 1. The number of hydrogen-bond donors (Lipinski definition) is 0. The van der Waals surface area contributed by atoms with Crippen LogP contribution in [0.1, 0.15) is 66.6 Å². The molecule has 7 heteroatoms. The molecule has 0 unspecified atom stereocenters. The molecule has 166 valence electrons. The predicted molar refractivity (Wildman–Crippen MR) is 123 cm³/mol. The fourth-order valence-corrected chi connectivity index (χ4v) is 6.54. The topological polar surface area (TPSA) is 52.6 Å². The first-order chi connectivity index (χ1) is 15.0. The largest absolute Gasteiger partial charge is 0.325 e. The van der Waals surface area contributed by atoms with Gasteiger partial charge in [-0.1, -0.05) is 19.9 Å². The first kappa shape index (κ1) is 20.9. The lowest BCUT2D eigenvalue weighted by Gasteiger charge is -2.47. The molecule has 5 heterocycles. The van der Waals surface area contributed by atoms with Crippen molar-refractivity contribution in [2.45, 2.75) is 64.0 Å². The van der Waals surface area contributed by atoms with E-state index in [4.69, 9.17) is 4.98 Å². The molecule has 0 radical (unpaired) electrons. The van der Waals surface area contributed by atoms with Crippen LogP contribution in [0.5, 0.6) is 0 Å². The maximum absolute atomic E-state index is 13.3. The molecule has 0 aliphatic carbocycles. The van der Waals surface area contributed by atoms with Gasteiger partial charge in [-0.3, -0.25) is 9.88 Å². The van der Waals surface area contributed by atoms with Crippen molar-refractivity contribution >= 4 is 17.4 Å². The lowest BCUT2D eigenvalue weighted by Crippen LogP contribution is -2.55. The number of pyridine rings is 1. The summed E-state index contributed by atoms with van der Waals surface area (Å²) >= 11 is 1.83. The first-order valence-electron chi connectivity index (χ1n) is 11.7. The third-order valence-electron chi connectivity index (χ3n) is 7.13. The van der Waals surface area contributed by atoms with Crippen molar-refractivity contribution in [2.75, 3.05) is 32.7 Å². The van der Waals surface area contributed by atoms with E-state index < -0.39 is 0 Å². The second-order valence-corrected chi connectivity index (χ2v) is 10.8. The Labute approximate surface area is 189 Å². The van der Waals surface area contributed by atoms with Crippen LogP contribution in [0.3, 0.4) is 0 Å². The molecule has 3 aliphatic rings. The molecule has 3 aliphatic heterocycles. The molecular formula is C24H33N5OS. The fraction of sp³-hybridized carbons (Fsp3) is 0.625. The third kappa shape index (κ3) is 4.10. The van der Waals surface area contributed by atoms with Gasteiger partial charge in [0.1, 0.15) is 0 Å². The second kappa shape index (κ2) is 8.51. The first-order valence-corrected chi connectivity index (χ1v) is 12.5. The molecule has 0 saturated carbocycles. The van der Waals surface area contributed by atoms with Crippen molar-refractivity contribution in [1.82, 2.24) is 24.7 Å². The molecule has 6 nitrogen and oxygen atoms in total. The van der Waals surface area contributed by atoms with Crippen molar-refractivity contribution in [3.63, 3.8) is 0 Å². The zero-order valence-electron chi connectivity index (χ0n) is 18.7.